The van der Waals surface area contributed by atoms with Gasteiger partial charge in [-0.25, -0.2) is 0 Å². The second kappa shape index (κ2) is 6.01. The summed E-state index contributed by atoms with van der Waals surface area (Å²) in [5, 5.41) is 4.36. The van der Waals surface area contributed by atoms with Gasteiger partial charge in [-0.2, -0.15) is 5.10 Å². The van der Waals surface area contributed by atoms with Gasteiger partial charge in [0.2, 0.25) is 0 Å². The van der Waals surface area contributed by atoms with Crippen LogP contribution in [0.3, 0.4) is 0 Å². The van der Waals surface area contributed by atoms with Crippen LogP contribution < -0.4 is 0 Å². The van der Waals surface area contributed by atoms with Gasteiger partial charge in [0.1, 0.15) is 0 Å². The van der Waals surface area contributed by atoms with Crippen LogP contribution in [0.5, 0.6) is 0 Å². The summed E-state index contributed by atoms with van der Waals surface area (Å²) in [5.41, 5.74) is 2.59. The fourth-order valence-electron chi connectivity index (χ4n) is 1.99. The van der Waals surface area contributed by atoms with Crippen molar-refractivity contribution in [2.45, 2.75) is 26.8 Å². The Morgan fingerprint density at radius 1 is 1.32 bits per heavy atom. The van der Waals surface area contributed by atoms with Gasteiger partial charge in [-0.1, -0.05) is 31.9 Å². The van der Waals surface area contributed by atoms with E-state index in [1.807, 2.05) is 42.8 Å². The molecule has 0 aliphatic carbocycles. The zero-order chi connectivity index (χ0) is 14.0. The number of ketones is 1. The van der Waals surface area contributed by atoms with Crippen molar-refractivity contribution in [2.24, 2.45) is 0 Å². The van der Waals surface area contributed by atoms with Crippen molar-refractivity contribution in [1.29, 1.82) is 0 Å². The molecule has 0 unspecified atom stereocenters. The molecule has 3 nitrogen and oxygen atoms in total. The molecule has 5 heteroatoms. The zero-order valence-corrected chi connectivity index (χ0v) is 14.0. The fourth-order valence-corrected chi connectivity index (χ4v) is 2.81. The van der Waals surface area contributed by atoms with Crippen molar-refractivity contribution in [3.63, 3.8) is 0 Å². The minimum atomic E-state index is 0.0859. The number of halogens is 2. The summed E-state index contributed by atoms with van der Waals surface area (Å²) >= 11 is 6.81. The molecule has 0 saturated heterocycles. The van der Waals surface area contributed by atoms with Crippen molar-refractivity contribution >= 4 is 37.6 Å². The molecular weight excluding hydrogens is 372 g/mol. The lowest BCUT2D eigenvalue weighted by atomic mass is 10.1. The molecule has 1 heterocycles. The van der Waals surface area contributed by atoms with Crippen LogP contribution in [0.2, 0.25) is 0 Å². The third kappa shape index (κ3) is 3.34. The first-order chi connectivity index (χ1) is 9.01. The number of benzene rings is 1. The Kier molecular flexibility index (Phi) is 4.58. The average molecular weight is 386 g/mol. The third-order valence-electron chi connectivity index (χ3n) is 2.86. The molecule has 0 fully saturated rings. The number of carbonyl (C=O) groups is 1. The second-order valence-corrected chi connectivity index (χ2v) is 6.09. The molecular formula is C14H14Br2N2O. The monoisotopic (exact) mass is 384 g/mol. The Hall–Kier alpha value is -0.940. The molecule has 0 aliphatic heterocycles. The first kappa shape index (κ1) is 14.5. The molecule has 2 rings (SSSR count). The van der Waals surface area contributed by atoms with E-state index >= 15 is 0 Å². The van der Waals surface area contributed by atoms with E-state index in [4.69, 9.17) is 0 Å². The highest BCUT2D eigenvalue weighted by molar-refractivity contribution is 9.11. The summed E-state index contributed by atoms with van der Waals surface area (Å²) < 4.78 is 3.60. The molecule has 0 atom stereocenters. The molecule has 0 radical (unpaired) electrons. The van der Waals surface area contributed by atoms with Crippen molar-refractivity contribution in [2.75, 3.05) is 0 Å². The second-order valence-electron chi connectivity index (χ2n) is 4.32. The van der Waals surface area contributed by atoms with Crippen LogP contribution in [0.4, 0.5) is 0 Å². The highest BCUT2D eigenvalue weighted by Gasteiger charge is 2.14. The van der Waals surface area contributed by atoms with Crippen molar-refractivity contribution in [3.05, 3.63) is 50.2 Å². The summed E-state index contributed by atoms with van der Waals surface area (Å²) in [4.78, 5) is 12.4. The predicted octanol–water partition coefficient (Wildman–Crippen LogP) is 4.16. The third-order valence-corrected chi connectivity index (χ3v) is 4.04. The number of aromatic nitrogens is 2. The Morgan fingerprint density at radius 3 is 2.74 bits per heavy atom. The van der Waals surface area contributed by atoms with Crippen LogP contribution >= 0.6 is 31.9 Å². The van der Waals surface area contributed by atoms with Crippen LogP contribution in [0, 0.1) is 6.92 Å². The molecule has 1 aromatic carbocycles. The molecule has 19 heavy (non-hydrogen) atoms. The van der Waals surface area contributed by atoms with Gasteiger partial charge in [-0.05, 0) is 38.1 Å². The van der Waals surface area contributed by atoms with E-state index in [9.17, 15) is 4.79 Å². The van der Waals surface area contributed by atoms with Crippen LogP contribution in [0.25, 0.3) is 0 Å². The lowest BCUT2D eigenvalue weighted by molar-refractivity contribution is 0.0989. The molecule has 0 spiro atoms. The van der Waals surface area contributed by atoms with E-state index in [1.54, 1.807) is 0 Å². The largest absolute Gasteiger partial charge is 0.294 e. The lowest BCUT2D eigenvalue weighted by Crippen LogP contribution is -2.10. The van der Waals surface area contributed by atoms with Gasteiger partial charge in [-0.15, -0.1) is 0 Å². The number of carbonyl (C=O) groups excluding carboxylic acids is 1. The number of Topliss-reactive ketones (excluding diaryl/α,β-unsaturated/α-hetero) is 1. The van der Waals surface area contributed by atoms with Gasteiger partial charge in [0.25, 0.3) is 0 Å². The van der Waals surface area contributed by atoms with Gasteiger partial charge >= 0.3 is 0 Å². The van der Waals surface area contributed by atoms with Crippen LogP contribution in [-0.4, -0.2) is 15.6 Å². The topological polar surface area (TPSA) is 34.9 Å². The van der Waals surface area contributed by atoms with Gasteiger partial charge in [0.15, 0.2) is 5.78 Å². The van der Waals surface area contributed by atoms with E-state index in [0.717, 1.165) is 26.9 Å². The summed E-state index contributed by atoms with van der Waals surface area (Å²) in [6.07, 6.45) is 0.365. The zero-order valence-electron chi connectivity index (χ0n) is 10.8. The molecule has 0 saturated carbocycles. The Labute approximate surface area is 129 Å². The maximum atomic E-state index is 12.4. The number of rotatable bonds is 4. The average Bonchev–Trinajstić information content (AvgIpc) is 2.72. The normalized spacial score (nSPS) is 10.7. The highest BCUT2D eigenvalue weighted by Crippen LogP contribution is 2.23. The minimum Gasteiger partial charge on any atom is -0.294 e. The maximum Gasteiger partial charge on any atom is 0.169 e. The Balaban J connectivity index is 2.27. The molecule has 1 aromatic heterocycles. The lowest BCUT2D eigenvalue weighted by Gasteiger charge is -2.06. The number of hydrogen-bond acceptors (Lipinski definition) is 2. The minimum absolute atomic E-state index is 0.0859. The van der Waals surface area contributed by atoms with E-state index < -0.39 is 0 Å². The molecule has 100 valence electrons. The number of nitrogens with zero attached hydrogens (tertiary/aromatic N) is 2. The van der Waals surface area contributed by atoms with Crippen molar-refractivity contribution < 1.29 is 4.79 Å². The smallest absolute Gasteiger partial charge is 0.169 e. The molecule has 2 aromatic rings. The Morgan fingerprint density at radius 2 is 2.05 bits per heavy atom. The molecule has 0 aliphatic rings. The summed E-state index contributed by atoms with van der Waals surface area (Å²) in [6, 6.07) is 7.58. The summed E-state index contributed by atoms with van der Waals surface area (Å²) in [6.45, 7) is 4.74. The van der Waals surface area contributed by atoms with Gasteiger partial charge < -0.3 is 0 Å². The van der Waals surface area contributed by atoms with Crippen molar-refractivity contribution in [1.82, 2.24) is 9.78 Å². The first-order valence-electron chi connectivity index (χ1n) is 6.03. The molecule has 0 bridgehead atoms. The quantitative estimate of drug-likeness (QED) is 0.740. The van der Waals surface area contributed by atoms with E-state index in [2.05, 4.69) is 37.0 Å². The first-order valence-corrected chi connectivity index (χ1v) is 7.61. The van der Waals surface area contributed by atoms with E-state index in [0.29, 0.717) is 12.0 Å². The van der Waals surface area contributed by atoms with E-state index in [-0.39, 0.29) is 5.78 Å². The summed E-state index contributed by atoms with van der Waals surface area (Å²) in [7, 11) is 0. The van der Waals surface area contributed by atoms with Crippen LogP contribution in [0.15, 0.2) is 33.2 Å². The SMILES string of the molecule is CCn1nc(C)cc1CC(=O)c1cc(Br)ccc1Br. The van der Waals surface area contributed by atoms with Crippen LogP contribution in [-0.2, 0) is 13.0 Å². The molecule has 0 amide bonds. The van der Waals surface area contributed by atoms with Crippen molar-refractivity contribution in [3.8, 4) is 0 Å². The Bertz CT molecular complexity index is 620. The standard InChI is InChI=1S/C14H14Br2N2O/c1-3-18-11(6-9(2)17-18)8-14(19)12-7-10(15)4-5-13(12)16/h4-7H,3,8H2,1-2H3. The van der Waals surface area contributed by atoms with Gasteiger partial charge in [0.05, 0.1) is 12.1 Å². The van der Waals surface area contributed by atoms with E-state index in [1.165, 1.54) is 0 Å². The predicted molar refractivity (Wildman–Crippen MR) is 82.5 cm³/mol. The van der Waals surface area contributed by atoms with Crippen LogP contribution in [0.1, 0.15) is 28.7 Å². The van der Waals surface area contributed by atoms with Gasteiger partial charge in [-0.3, -0.25) is 9.48 Å². The highest BCUT2D eigenvalue weighted by atomic mass is 79.9. The molecule has 0 N–H and O–H groups in total. The maximum absolute atomic E-state index is 12.4. The summed E-state index contributed by atoms with van der Waals surface area (Å²) in [5.74, 6) is 0.0859. The van der Waals surface area contributed by atoms with Gasteiger partial charge in [0, 0.05) is 26.7 Å². The number of hydrogen-bond donors (Lipinski definition) is 0. The fraction of sp³-hybridized carbons (Fsp3) is 0.286. The number of aryl methyl sites for hydroxylation is 2.